The van der Waals surface area contributed by atoms with Gasteiger partial charge in [0.05, 0.1) is 0 Å². The highest BCUT2D eigenvalue weighted by Gasteiger charge is 2.23. The molecule has 1 fully saturated rings. The van der Waals surface area contributed by atoms with Crippen LogP contribution in [0.3, 0.4) is 0 Å². The third kappa shape index (κ3) is 4.36. The summed E-state index contributed by atoms with van der Waals surface area (Å²) in [6.45, 7) is 4.91. The molecule has 1 aromatic carbocycles. The molecule has 0 bridgehead atoms. The number of rotatable bonds is 6. The number of benzene rings is 1. The molecule has 0 saturated carbocycles. The van der Waals surface area contributed by atoms with E-state index in [1.165, 1.54) is 0 Å². The summed E-state index contributed by atoms with van der Waals surface area (Å²) < 4.78 is 5.44. The molecule has 4 heteroatoms. The fourth-order valence-corrected chi connectivity index (χ4v) is 3.44. The van der Waals surface area contributed by atoms with Gasteiger partial charge in [0.1, 0.15) is 0 Å². The van der Waals surface area contributed by atoms with Crippen molar-refractivity contribution >= 4 is 23.2 Å². The standard InChI is InChI=1S/C16H23Cl2NO/c1-2-8-19-15(11-12-6-9-20-10-7-12)16-13(17)4-3-5-14(16)18/h3-5,12,15,19H,2,6-11H2,1H3. The number of hydrogen-bond donors (Lipinski definition) is 1. The molecule has 1 aromatic rings. The van der Waals surface area contributed by atoms with Crippen molar-refractivity contribution in [1.29, 1.82) is 0 Å². The fraction of sp³-hybridized carbons (Fsp3) is 0.625. The van der Waals surface area contributed by atoms with E-state index in [1.54, 1.807) is 0 Å². The molecule has 1 N–H and O–H groups in total. The molecule has 1 unspecified atom stereocenters. The van der Waals surface area contributed by atoms with Crippen molar-refractivity contribution in [2.75, 3.05) is 19.8 Å². The molecule has 2 nitrogen and oxygen atoms in total. The molecular formula is C16H23Cl2NO. The Bertz CT molecular complexity index is 399. The fourth-order valence-electron chi connectivity index (χ4n) is 2.78. The van der Waals surface area contributed by atoms with Gasteiger partial charge in [-0.15, -0.1) is 0 Å². The quantitative estimate of drug-likeness (QED) is 0.810. The lowest BCUT2D eigenvalue weighted by Gasteiger charge is -2.28. The van der Waals surface area contributed by atoms with Crippen LogP contribution in [0.2, 0.25) is 10.0 Å². The van der Waals surface area contributed by atoms with E-state index in [4.69, 9.17) is 27.9 Å². The summed E-state index contributed by atoms with van der Waals surface area (Å²) in [5.41, 5.74) is 1.05. The largest absolute Gasteiger partial charge is 0.381 e. The molecule has 2 rings (SSSR count). The smallest absolute Gasteiger partial charge is 0.0468 e. The lowest BCUT2D eigenvalue weighted by Crippen LogP contribution is -2.27. The molecule has 0 spiro atoms. The van der Waals surface area contributed by atoms with Gasteiger partial charge in [-0.05, 0) is 50.3 Å². The number of nitrogens with one attached hydrogen (secondary N) is 1. The minimum absolute atomic E-state index is 0.235. The van der Waals surface area contributed by atoms with Crippen LogP contribution in [0.15, 0.2) is 18.2 Å². The molecule has 1 aliphatic rings. The van der Waals surface area contributed by atoms with Gasteiger partial charge in [0, 0.05) is 34.9 Å². The molecule has 1 saturated heterocycles. The second kappa shape index (κ2) is 8.23. The summed E-state index contributed by atoms with van der Waals surface area (Å²) >= 11 is 12.7. The predicted octanol–water partition coefficient (Wildman–Crippen LogP) is 4.85. The van der Waals surface area contributed by atoms with E-state index in [2.05, 4.69) is 12.2 Å². The third-order valence-corrected chi connectivity index (χ3v) is 4.56. The third-order valence-electron chi connectivity index (χ3n) is 3.90. The van der Waals surface area contributed by atoms with Gasteiger partial charge >= 0.3 is 0 Å². The molecule has 0 aliphatic carbocycles. The zero-order valence-corrected chi connectivity index (χ0v) is 13.5. The van der Waals surface area contributed by atoms with Gasteiger partial charge in [-0.2, -0.15) is 0 Å². The van der Waals surface area contributed by atoms with Crippen molar-refractivity contribution < 1.29 is 4.74 Å². The normalized spacial score (nSPS) is 18.1. The zero-order valence-electron chi connectivity index (χ0n) is 12.0. The Kier molecular flexibility index (Phi) is 6.63. The van der Waals surface area contributed by atoms with Gasteiger partial charge in [0.2, 0.25) is 0 Å². The Morgan fingerprint density at radius 3 is 2.50 bits per heavy atom. The molecule has 0 radical (unpaired) electrons. The van der Waals surface area contributed by atoms with Gasteiger partial charge in [-0.3, -0.25) is 0 Å². The van der Waals surface area contributed by atoms with Crippen LogP contribution in [0.4, 0.5) is 0 Å². The summed E-state index contributed by atoms with van der Waals surface area (Å²) in [5, 5.41) is 5.13. The van der Waals surface area contributed by atoms with Gasteiger partial charge < -0.3 is 10.1 Å². The topological polar surface area (TPSA) is 21.3 Å². The first-order valence-corrected chi connectivity index (χ1v) is 8.23. The van der Waals surface area contributed by atoms with Crippen LogP contribution in [-0.2, 0) is 4.74 Å². The van der Waals surface area contributed by atoms with Gasteiger partial charge in [-0.25, -0.2) is 0 Å². The van der Waals surface area contributed by atoms with Crippen LogP contribution in [-0.4, -0.2) is 19.8 Å². The first kappa shape index (κ1) is 16.1. The Labute approximate surface area is 131 Å². The van der Waals surface area contributed by atoms with Crippen LogP contribution in [0.5, 0.6) is 0 Å². The second-order valence-electron chi connectivity index (χ2n) is 5.43. The Hall–Kier alpha value is -0.280. The molecule has 1 atom stereocenters. The Balaban J connectivity index is 2.13. The molecule has 1 heterocycles. The minimum atomic E-state index is 0.235. The van der Waals surface area contributed by atoms with Crippen molar-refractivity contribution in [1.82, 2.24) is 5.32 Å². The molecular weight excluding hydrogens is 293 g/mol. The second-order valence-corrected chi connectivity index (χ2v) is 6.25. The molecule has 20 heavy (non-hydrogen) atoms. The zero-order chi connectivity index (χ0) is 14.4. The number of ether oxygens (including phenoxy) is 1. The maximum absolute atomic E-state index is 6.37. The first-order valence-electron chi connectivity index (χ1n) is 7.47. The van der Waals surface area contributed by atoms with Crippen LogP contribution in [0, 0.1) is 5.92 Å². The van der Waals surface area contributed by atoms with Gasteiger partial charge in [0.15, 0.2) is 0 Å². The summed E-state index contributed by atoms with van der Waals surface area (Å²) in [6, 6.07) is 5.99. The van der Waals surface area contributed by atoms with Crippen molar-refractivity contribution in [3.05, 3.63) is 33.8 Å². The van der Waals surface area contributed by atoms with Crippen LogP contribution in [0.1, 0.15) is 44.2 Å². The number of hydrogen-bond acceptors (Lipinski definition) is 2. The van der Waals surface area contributed by atoms with Crippen molar-refractivity contribution in [2.45, 2.75) is 38.6 Å². The monoisotopic (exact) mass is 315 g/mol. The van der Waals surface area contributed by atoms with E-state index < -0.39 is 0 Å². The molecule has 0 aromatic heterocycles. The van der Waals surface area contributed by atoms with Crippen molar-refractivity contribution in [3.8, 4) is 0 Å². The highest BCUT2D eigenvalue weighted by atomic mass is 35.5. The summed E-state index contributed by atoms with van der Waals surface area (Å²) in [5.74, 6) is 0.686. The summed E-state index contributed by atoms with van der Waals surface area (Å²) in [4.78, 5) is 0. The highest BCUT2D eigenvalue weighted by molar-refractivity contribution is 6.36. The summed E-state index contributed by atoms with van der Waals surface area (Å²) in [6.07, 6.45) is 4.44. The van der Waals surface area contributed by atoms with Crippen LogP contribution in [0.25, 0.3) is 0 Å². The number of halogens is 2. The van der Waals surface area contributed by atoms with Crippen molar-refractivity contribution in [2.24, 2.45) is 5.92 Å². The molecule has 112 valence electrons. The Morgan fingerprint density at radius 1 is 1.25 bits per heavy atom. The molecule has 0 amide bonds. The van der Waals surface area contributed by atoms with E-state index >= 15 is 0 Å². The SMILES string of the molecule is CCCNC(CC1CCOCC1)c1c(Cl)cccc1Cl. The van der Waals surface area contributed by atoms with Crippen molar-refractivity contribution in [3.63, 3.8) is 0 Å². The average Bonchev–Trinajstić information content (AvgIpc) is 2.45. The maximum atomic E-state index is 6.37. The van der Waals surface area contributed by atoms with E-state index in [1.807, 2.05) is 18.2 Å². The summed E-state index contributed by atoms with van der Waals surface area (Å²) in [7, 11) is 0. The van der Waals surface area contributed by atoms with E-state index in [0.717, 1.165) is 61.1 Å². The van der Waals surface area contributed by atoms with Crippen LogP contribution >= 0.6 is 23.2 Å². The highest BCUT2D eigenvalue weighted by Crippen LogP contribution is 2.35. The Morgan fingerprint density at radius 2 is 1.90 bits per heavy atom. The minimum Gasteiger partial charge on any atom is -0.381 e. The van der Waals surface area contributed by atoms with Gasteiger partial charge in [-0.1, -0.05) is 36.2 Å². The lowest BCUT2D eigenvalue weighted by atomic mass is 9.89. The molecule has 1 aliphatic heterocycles. The van der Waals surface area contributed by atoms with Gasteiger partial charge in [0.25, 0.3) is 0 Å². The van der Waals surface area contributed by atoms with E-state index in [-0.39, 0.29) is 6.04 Å². The van der Waals surface area contributed by atoms with Crippen LogP contribution < -0.4 is 5.32 Å². The van der Waals surface area contributed by atoms with E-state index in [9.17, 15) is 0 Å². The predicted molar refractivity (Wildman–Crippen MR) is 85.7 cm³/mol. The maximum Gasteiger partial charge on any atom is 0.0468 e. The first-order chi connectivity index (χ1) is 9.72. The van der Waals surface area contributed by atoms with E-state index in [0.29, 0.717) is 5.92 Å². The lowest BCUT2D eigenvalue weighted by molar-refractivity contribution is 0.0605. The average molecular weight is 316 g/mol.